The smallest absolute Gasteiger partial charge is 0.429 e. The number of anilines is 1. The Balaban J connectivity index is 1.33. The maximum absolute atomic E-state index is 15.2. The molecular formula is C27H29ClF2N6O4. The third-order valence-corrected chi connectivity index (χ3v) is 7.94. The molecule has 3 fully saturated rings. The van der Waals surface area contributed by atoms with Gasteiger partial charge in [0, 0.05) is 19.2 Å². The van der Waals surface area contributed by atoms with Crippen molar-refractivity contribution in [1.82, 2.24) is 24.9 Å². The zero-order valence-corrected chi connectivity index (χ0v) is 22.5. The van der Waals surface area contributed by atoms with Gasteiger partial charge in [-0.2, -0.15) is 9.97 Å². The van der Waals surface area contributed by atoms with Gasteiger partial charge in [-0.05, 0) is 24.9 Å². The normalized spacial score (nSPS) is 23.3. The van der Waals surface area contributed by atoms with Crippen LogP contribution in [0.15, 0.2) is 36.5 Å². The maximum atomic E-state index is 15.2. The number of pyridine rings is 1. The lowest BCUT2D eigenvalue weighted by atomic mass is 9.95. The highest BCUT2D eigenvalue weighted by Crippen LogP contribution is 2.40. The molecule has 40 heavy (non-hydrogen) atoms. The Morgan fingerprint density at radius 3 is 2.85 bits per heavy atom. The molecule has 2 aromatic heterocycles. The Labute approximate surface area is 234 Å². The van der Waals surface area contributed by atoms with Crippen LogP contribution in [0.25, 0.3) is 10.9 Å². The van der Waals surface area contributed by atoms with E-state index in [0.29, 0.717) is 13.0 Å². The molecule has 2 atom stereocenters. The third-order valence-electron chi connectivity index (χ3n) is 7.68. The van der Waals surface area contributed by atoms with E-state index in [0.717, 1.165) is 24.9 Å². The van der Waals surface area contributed by atoms with Crippen molar-refractivity contribution in [3.8, 4) is 6.01 Å². The van der Waals surface area contributed by atoms with Gasteiger partial charge in [-0.3, -0.25) is 9.91 Å². The highest BCUT2D eigenvalue weighted by atomic mass is 35.5. The number of rotatable bonds is 6. The van der Waals surface area contributed by atoms with E-state index in [9.17, 15) is 9.18 Å². The van der Waals surface area contributed by atoms with Gasteiger partial charge in [-0.1, -0.05) is 41.9 Å². The summed E-state index contributed by atoms with van der Waals surface area (Å²) in [6.45, 7) is 2.35. The Bertz CT molecular complexity index is 1390. The number of hydrogen-bond acceptors (Lipinski definition) is 9. The largest absolute Gasteiger partial charge is 0.461 e. The molecule has 3 aromatic rings. The average molecular weight is 575 g/mol. The van der Waals surface area contributed by atoms with E-state index < -0.39 is 23.6 Å². The fraction of sp³-hybridized carbons (Fsp3) is 0.481. The lowest BCUT2D eigenvalue weighted by molar-refractivity contribution is 0.0874. The SMILES string of the molecule is O=C(OCc1ccccc1)N1CCOCCN1c1nc(OC[C@@]23CCCN2C[C@H](F)C3)nc2c(F)c(Cl)ncc12. The van der Waals surface area contributed by atoms with Crippen molar-refractivity contribution >= 4 is 34.4 Å². The van der Waals surface area contributed by atoms with Crippen LogP contribution in [0.5, 0.6) is 6.01 Å². The van der Waals surface area contributed by atoms with E-state index in [4.69, 9.17) is 25.8 Å². The van der Waals surface area contributed by atoms with Crippen molar-refractivity contribution in [1.29, 1.82) is 0 Å². The predicted octanol–water partition coefficient (Wildman–Crippen LogP) is 4.16. The highest BCUT2D eigenvalue weighted by Gasteiger charge is 2.49. The van der Waals surface area contributed by atoms with Gasteiger partial charge in [-0.15, -0.1) is 0 Å². The van der Waals surface area contributed by atoms with Crippen LogP contribution in [0.2, 0.25) is 5.15 Å². The molecule has 0 aliphatic carbocycles. The van der Waals surface area contributed by atoms with Gasteiger partial charge in [0.05, 0.1) is 37.2 Å². The number of carbonyl (C=O) groups is 1. The van der Waals surface area contributed by atoms with Gasteiger partial charge in [0.25, 0.3) is 0 Å². The van der Waals surface area contributed by atoms with E-state index in [1.54, 1.807) is 5.01 Å². The number of carbonyl (C=O) groups excluding carboxylic acids is 1. The fourth-order valence-electron chi connectivity index (χ4n) is 5.76. The number of hydrogen-bond donors (Lipinski definition) is 0. The first-order chi connectivity index (χ1) is 19.4. The van der Waals surface area contributed by atoms with Gasteiger partial charge in [-0.25, -0.2) is 23.6 Å². The summed E-state index contributed by atoms with van der Waals surface area (Å²) in [5.41, 5.74) is 0.287. The molecule has 13 heteroatoms. The van der Waals surface area contributed by atoms with Gasteiger partial charge >= 0.3 is 12.1 Å². The minimum absolute atomic E-state index is 0.0731. The summed E-state index contributed by atoms with van der Waals surface area (Å²) in [5, 5.41) is 2.83. The molecule has 5 heterocycles. The van der Waals surface area contributed by atoms with Crippen molar-refractivity contribution in [3.63, 3.8) is 0 Å². The second-order valence-corrected chi connectivity index (χ2v) is 10.6. The predicted molar refractivity (Wildman–Crippen MR) is 142 cm³/mol. The molecule has 0 spiro atoms. The second-order valence-electron chi connectivity index (χ2n) is 10.2. The number of halogens is 3. The zero-order valence-electron chi connectivity index (χ0n) is 21.8. The summed E-state index contributed by atoms with van der Waals surface area (Å²) < 4.78 is 46.8. The summed E-state index contributed by atoms with van der Waals surface area (Å²) >= 11 is 6.00. The van der Waals surface area contributed by atoms with Crippen LogP contribution >= 0.6 is 11.6 Å². The van der Waals surface area contributed by atoms with Crippen LogP contribution in [-0.2, 0) is 16.1 Å². The molecule has 0 bridgehead atoms. The molecule has 0 saturated carbocycles. The molecule has 0 unspecified atom stereocenters. The fourth-order valence-corrected chi connectivity index (χ4v) is 5.90. The van der Waals surface area contributed by atoms with E-state index >= 15 is 4.39 Å². The molecule has 3 saturated heterocycles. The number of amides is 1. The van der Waals surface area contributed by atoms with Crippen LogP contribution in [0.1, 0.15) is 24.8 Å². The molecular weight excluding hydrogens is 546 g/mol. The molecule has 0 N–H and O–H groups in total. The minimum Gasteiger partial charge on any atom is -0.461 e. The van der Waals surface area contributed by atoms with Crippen LogP contribution in [0, 0.1) is 5.82 Å². The van der Waals surface area contributed by atoms with Gasteiger partial charge in [0.2, 0.25) is 0 Å². The summed E-state index contributed by atoms with van der Waals surface area (Å²) in [6, 6.07) is 9.22. The summed E-state index contributed by atoms with van der Waals surface area (Å²) in [6.07, 6.45) is 1.92. The highest BCUT2D eigenvalue weighted by molar-refractivity contribution is 6.30. The van der Waals surface area contributed by atoms with E-state index in [1.165, 1.54) is 11.2 Å². The number of hydrazine groups is 1. The van der Waals surface area contributed by atoms with Gasteiger partial charge in [0.1, 0.15) is 24.9 Å². The molecule has 6 rings (SSSR count). The first-order valence-corrected chi connectivity index (χ1v) is 13.7. The lowest BCUT2D eigenvalue weighted by Gasteiger charge is -2.33. The number of aromatic nitrogens is 3. The first-order valence-electron chi connectivity index (χ1n) is 13.3. The minimum atomic E-state index is -0.924. The number of fused-ring (bicyclic) bond motifs is 2. The Hall–Kier alpha value is -3.35. The van der Waals surface area contributed by atoms with Crippen LogP contribution in [-0.4, -0.2) is 88.7 Å². The van der Waals surface area contributed by atoms with Crippen molar-refractivity contribution in [2.45, 2.75) is 37.6 Å². The quantitative estimate of drug-likeness (QED) is 0.402. The van der Waals surface area contributed by atoms with E-state index in [1.807, 2.05) is 30.3 Å². The van der Waals surface area contributed by atoms with Crippen molar-refractivity contribution < 1.29 is 27.8 Å². The Kier molecular flexibility index (Phi) is 7.56. The van der Waals surface area contributed by atoms with E-state index in [-0.39, 0.29) is 67.4 Å². The van der Waals surface area contributed by atoms with Crippen molar-refractivity contribution in [3.05, 3.63) is 53.1 Å². The monoisotopic (exact) mass is 574 g/mol. The standard InChI is InChI=1S/C27H29ClF2N6O4/c28-23-21(30)22-20(14-31-23)24(33-25(32-22)40-17-27-7-4-8-34(27)15-19(29)13-27)35-9-11-38-12-10-36(35)26(37)39-16-18-5-2-1-3-6-18/h1-3,5-6,14,19H,4,7-13,15-17H2/t19-,27+/m1/s1. The molecule has 1 amide bonds. The first kappa shape index (κ1) is 26.9. The van der Waals surface area contributed by atoms with E-state index in [2.05, 4.69) is 19.9 Å². The van der Waals surface area contributed by atoms with Gasteiger partial charge < -0.3 is 14.2 Å². The summed E-state index contributed by atoms with van der Waals surface area (Å²) in [5.74, 6) is -0.636. The second kappa shape index (κ2) is 11.3. The van der Waals surface area contributed by atoms with Gasteiger partial charge in [0.15, 0.2) is 16.8 Å². The molecule has 3 aliphatic rings. The Morgan fingerprint density at radius 1 is 1.18 bits per heavy atom. The average Bonchev–Trinajstić information content (AvgIpc) is 3.37. The van der Waals surface area contributed by atoms with Crippen LogP contribution in [0.4, 0.5) is 19.4 Å². The number of nitrogens with zero attached hydrogens (tertiary/aromatic N) is 6. The zero-order chi connectivity index (χ0) is 27.7. The third kappa shape index (κ3) is 5.23. The number of benzene rings is 1. The summed E-state index contributed by atoms with van der Waals surface area (Å²) in [7, 11) is 0. The van der Waals surface area contributed by atoms with Crippen LogP contribution in [0.3, 0.4) is 0 Å². The molecule has 10 nitrogen and oxygen atoms in total. The molecule has 3 aliphatic heterocycles. The summed E-state index contributed by atoms with van der Waals surface area (Å²) in [4.78, 5) is 28.3. The molecule has 0 radical (unpaired) electrons. The Morgan fingerprint density at radius 2 is 2.00 bits per heavy atom. The molecule has 1 aromatic carbocycles. The lowest BCUT2D eigenvalue weighted by Crippen LogP contribution is -2.48. The van der Waals surface area contributed by atoms with Crippen molar-refractivity contribution in [2.75, 3.05) is 51.0 Å². The number of ether oxygens (including phenoxy) is 3. The topological polar surface area (TPSA) is 93.1 Å². The maximum Gasteiger partial charge on any atom is 0.429 e. The van der Waals surface area contributed by atoms with Crippen LogP contribution < -0.4 is 9.75 Å². The van der Waals surface area contributed by atoms with Crippen molar-refractivity contribution in [2.24, 2.45) is 0 Å². The molecule has 212 valence electrons. The number of alkyl halides is 1.